The van der Waals surface area contributed by atoms with E-state index in [4.69, 9.17) is 11.6 Å². The van der Waals surface area contributed by atoms with Gasteiger partial charge in [0.05, 0.1) is 5.75 Å². The molecule has 4 nitrogen and oxygen atoms in total. The molecule has 0 saturated carbocycles. The first-order valence-electron chi connectivity index (χ1n) is 8.78. The van der Waals surface area contributed by atoms with Crippen LogP contribution in [0.15, 0.2) is 53.4 Å². The minimum absolute atomic E-state index is 0.0353. The van der Waals surface area contributed by atoms with E-state index in [1.165, 1.54) is 17.4 Å². The van der Waals surface area contributed by atoms with Crippen LogP contribution in [0.5, 0.6) is 0 Å². The maximum atomic E-state index is 12.0. The van der Waals surface area contributed by atoms with Crippen LogP contribution in [0.4, 0.5) is 5.69 Å². The fourth-order valence-electron chi connectivity index (χ4n) is 2.82. The number of thioether (sulfide) groups is 1. The van der Waals surface area contributed by atoms with Crippen molar-refractivity contribution in [3.05, 3.63) is 59.1 Å². The minimum Gasteiger partial charge on any atom is -0.369 e. The monoisotopic (exact) mass is 389 g/mol. The van der Waals surface area contributed by atoms with Crippen LogP contribution in [-0.2, 0) is 11.3 Å². The van der Waals surface area contributed by atoms with E-state index in [0.29, 0.717) is 17.3 Å². The molecule has 1 aliphatic heterocycles. The van der Waals surface area contributed by atoms with Crippen molar-refractivity contribution >= 4 is 35.0 Å². The van der Waals surface area contributed by atoms with Gasteiger partial charge in [-0.2, -0.15) is 0 Å². The van der Waals surface area contributed by atoms with Crippen LogP contribution in [0.2, 0.25) is 5.02 Å². The number of nitrogens with zero attached hydrogens (tertiary/aromatic N) is 2. The molecule has 2 aromatic carbocycles. The van der Waals surface area contributed by atoms with Crippen LogP contribution >= 0.6 is 23.4 Å². The first-order valence-corrected chi connectivity index (χ1v) is 10.1. The Balaban J connectivity index is 1.42. The van der Waals surface area contributed by atoms with Crippen molar-refractivity contribution < 1.29 is 4.79 Å². The summed E-state index contributed by atoms with van der Waals surface area (Å²) in [5.41, 5.74) is 2.37. The Labute approximate surface area is 164 Å². The first kappa shape index (κ1) is 19.1. The normalized spacial score (nSPS) is 15.1. The molecule has 0 spiro atoms. The van der Waals surface area contributed by atoms with Gasteiger partial charge in [0.15, 0.2) is 0 Å². The van der Waals surface area contributed by atoms with E-state index in [1.807, 2.05) is 24.3 Å². The average molecular weight is 390 g/mol. The third kappa shape index (κ3) is 5.66. The number of nitrogens with one attached hydrogen (secondary N) is 1. The lowest BCUT2D eigenvalue weighted by Gasteiger charge is -2.34. The zero-order chi connectivity index (χ0) is 18.4. The first-order chi connectivity index (χ1) is 12.6. The Morgan fingerprint density at radius 1 is 1.04 bits per heavy atom. The highest BCUT2D eigenvalue weighted by Gasteiger charge is 2.14. The molecule has 1 saturated heterocycles. The van der Waals surface area contributed by atoms with Gasteiger partial charge in [-0.25, -0.2) is 0 Å². The van der Waals surface area contributed by atoms with E-state index in [-0.39, 0.29) is 5.91 Å². The Kier molecular flexibility index (Phi) is 6.83. The molecule has 138 valence electrons. The van der Waals surface area contributed by atoms with Crippen molar-refractivity contribution in [3.8, 4) is 0 Å². The van der Waals surface area contributed by atoms with E-state index in [0.717, 1.165) is 36.6 Å². The summed E-state index contributed by atoms with van der Waals surface area (Å²) in [7, 11) is 2.16. The molecule has 0 aliphatic carbocycles. The number of benzene rings is 2. The van der Waals surface area contributed by atoms with E-state index in [2.05, 4.69) is 46.4 Å². The van der Waals surface area contributed by atoms with Gasteiger partial charge in [0.2, 0.25) is 5.91 Å². The van der Waals surface area contributed by atoms with E-state index in [9.17, 15) is 4.79 Å². The maximum Gasteiger partial charge on any atom is 0.230 e. The molecular formula is C20H24ClN3OS. The Morgan fingerprint density at radius 3 is 2.35 bits per heavy atom. The number of amides is 1. The topological polar surface area (TPSA) is 35.6 Å². The van der Waals surface area contributed by atoms with Gasteiger partial charge in [-0.05, 0) is 49.0 Å². The summed E-state index contributed by atoms with van der Waals surface area (Å²) in [4.78, 5) is 17.8. The third-order valence-corrected chi connectivity index (χ3v) is 5.74. The van der Waals surface area contributed by atoms with Gasteiger partial charge >= 0.3 is 0 Å². The maximum absolute atomic E-state index is 12.0. The highest BCUT2D eigenvalue weighted by Crippen LogP contribution is 2.20. The van der Waals surface area contributed by atoms with E-state index < -0.39 is 0 Å². The van der Waals surface area contributed by atoms with Crippen LogP contribution in [0.25, 0.3) is 0 Å². The van der Waals surface area contributed by atoms with Crippen molar-refractivity contribution in [1.29, 1.82) is 0 Å². The molecule has 0 bridgehead atoms. The summed E-state index contributed by atoms with van der Waals surface area (Å²) in [5, 5.41) is 3.69. The largest absolute Gasteiger partial charge is 0.369 e. The van der Waals surface area contributed by atoms with Gasteiger partial charge in [-0.1, -0.05) is 23.7 Å². The Morgan fingerprint density at radius 2 is 1.69 bits per heavy atom. The van der Waals surface area contributed by atoms with Gasteiger partial charge in [0.25, 0.3) is 0 Å². The summed E-state index contributed by atoms with van der Waals surface area (Å²) in [6, 6.07) is 16.0. The molecule has 1 amide bonds. The molecule has 0 aromatic heterocycles. The third-order valence-electron chi connectivity index (χ3n) is 4.48. The summed E-state index contributed by atoms with van der Waals surface area (Å²) < 4.78 is 0. The fourth-order valence-corrected chi connectivity index (χ4v) is 3.67. The van der Waals surface area contributed by atoms with Gasteiger partial charge < -0.3 is 15.1 Å². The number of carbonyl (C=O) groups excluding carboxylic acids is 1. The highest BCUT2D eigenvalue weighted by molar-refractivity contribution is 8.00. The van der Waals surface area contributed by atoms with Crippen molar-refractivity contribution in [3.63, 3.8) is 0 Å². The number of piperazine rings is 1. The average Bonchev–Trinajstić information content (AvgIpc) is 2.67. The molecule has 26 heavy (non-hydrogen) atoms. The number of hydrogen-bond donors (Lipinski definition) is 1. The lowest BCUT2D eigenvalue weighted by molar-refractivity contribution is -0.118. The Bertz CT molecular complexity index is 713. The molecule has 6 heteroatoms. The van der Waals surface area contributed by atoms with Gasteiger partial charge in [0, 0.05) is 48.3 Å². The summed E-state index contributed by atoms with van der Waals surface area (Å²) in [6.45, 7) is 4.89. The second-order valence-corrected chi connectivity index (χ2v) is 7.96. The quantitative estimate of drug-likeness (QED) is 0.767. The van der Waals surface area contributed by atoms with E-state index >= 15 is 0 Å². The predicted octanol–water partition coefficient (Wildman–Crippen LogP) is 3.50. The number of halogens is 1. The molecule has 1 aliphatic rings. The van der Waals surface area contributed by atoms with Gasteiger partial charge in [-0.15, -0.1) is 11.8 Å². The van der Waals surface area contributed by atoms with Crippen LogP contribution in [0, 0.1) is 0 Å². The number of anilines is 1. The number of rotatable bonds is 6. The molecule has 1 N–H and O–H groups in total. The molecule has 3 rings (SSSR count). The van der Waals surface area contributed by atoms with E-state index in [1.54, 1.807) is 0 Å². The van der Waals surface area contributed by atoms with Gasteiger partial charge in [0.1, 0.15) is 0 Å². The highest BCUT2D eigenvalue weighted by atomic mass is 35.5. The lowest BCUT2D eigenvalue weighted by Crippen LogP contribution is -2.44. The smallest absolute Gasteiger partial charge is 0.230 e. The van der Waals surface area contributed by atoms with Crippen molar-refractivity contribution in [2.24, 2.45) is 0 Å². The molecule has 0 unspecified atom stereocenters. The van der Waals surface area contributed by atoms with Crippen molar-refractivity contribution in [2.75, 3.05) is 43.9 Å². The zero-order valence-corrected chi connectivity index (χ0v) is 16.5. The van der Waals surface area contributed by atoms with Crippen LogP contribution in [-0.4, -0.2) is 49.8 Å². The second kappa shape index (κ2) is 9.31. The fraction of sp³-hybridized carbons (Fsp3) is 0.350. The molecule has 1 heterocycles. The van der Waals surface area contributed by atoms with Crippen molar-refractivity contribution in [2.45, 2.75) is 11.4 Å². The number of carbonyl (C=O) groups is 1. The molecule has 1 fully saturated rings. The molecule has 0 radical (unpaired) electrons. The zero-order valence-electron chi connectivity index (χ0n) is 15.0. The number of likely N-dealkylation sites (N-methyl/N-ethyl adjacent to an activating group) is 1. The summed E-state index contributed by atoms with van der Waals surface area (Å²) >= 11 is 7.38. The molecule has 2 aromatic rings. The lowest BCUT2D eigenvalue weighted by atomic mass is 10.2. The SMILES string of the molecule is CN1CCN(c2ccc(CNC(=O)CSc3ccc(Cl)cc3)cc2)CC1. The number of hydrogen-bond acceptors (Lipinski definition) is 4. The second-order valence-electron chi connectivity index (χ2n) is 6.48. The van der Waals surface area contributed by atoms with Crippen LogP contribution in [0.3, 0.4) is 0 Å². The summed E-state index contributed by atoms with van der Waals surface area (Å²) in [6.07, 6.45) is 0. The minimum atomic E-state index is 0.0353. The molecule has 0 atom stereocenters. The summed E-state index contributed by atoms with van der Waals surface area (Å²) in [5.74, 6) is 0.439. The van der Waals surface area contributed by atoms with Crippen molar-refractivity contribution in [1.82, 2.24) is 10.2 Å². The molecular weight excluding hydrogens is 366 g/mol. The van der Waals surface area contributed by atoms with Crippen LogP contribution in [0.1, 0.15) is 5.56 Å². The standard InChI is InChI=1S/C20H24ClN3OS/c1-23-10-12-24(13-11-23)18-6-2-16(3-7-18)14-22-20(25)15-26-19-8-4-17(21)5-9-19/h2-9H,10-15H2,1H3,(H,22,25). The Hall–Kier alpha value is -1.69. The van der Waals surface area contributed by atoms with Crippen LogP contribution < -0.4 is 10.2 Å². The van der Waals surface area contributed by atoms with Gasteiger partial charge in [-0.3, -0.25) is 4.79 Å². The predicted molar refractivity (Wildman–Crippen MR) is 110 cm³/mol.